The van der Waals surface area contributed by atoms with Crippen LogP contribution in [0.3, 0.4) is 0 Å². The molecule has 104 valence electrons. The van der Waals surface area contributed by atoms with E-state index in [0.717, 1.165) is 24.2 Å². The van der Waals surface area contributed by atoms with Crippen LogP contribution < -0.4 is 16.0 Å². The zero-order chi connectivity index (χ0) is 13.9. The van der Waals surface area contributed by atoms with Gasteiger partial charge in [-0.1, -0.05) is 12.1 Å². The number of hydrazine groups is 1. The highest BCUT2D eigenvalue weighted by molar-refractivity contribution is 5.40. The van der Waals surface area contributed by atoms with Crippen molar-refractivity contribution in [2.75, 3.05) is 5.43 Å². The molecule has 4 N–H and O–H groups in total. The normalized spacial score (nSPS) is 14.1. The lowest BCUT2D eigenvalue weighted by atomic mass is 10.2. The number of aliphatic hydroxyl groups is 1. The molecule has 20 heavy (non-hydrogen) atoms. The lowest BCUT2D eigenvalue weighted by Crippen LogP contribution is -2.10. The van der Waals surface area contributed by atoms with Crippen LogP contribution in [0.1, 0.15) is 30.1 Å². The molecule has 1 aliphatic rings. The largest absolute Gasteiger partial charge is 0.439 e. The van der Waals surface area contributed by atoms with Gasteiger partial charge in [-0.2, -0.15) is 4.98 Å². The highest BCUT2D eigenvalue weighted by Crippen LogP contribution is 2.39. The first-order valence-electron chi connectivity index (χ1n) is 6.52. The van der Waals surface area contributed by atoms with Gasteiger partial charge in [0.25, 0.3) is 0 Å². The number of nitrogens with zero attached hydrogens (tertiary/aromatic N) is 2. The maximum atomic E-state index is 9.13. The van der Waals surface area contributed by atoms with Crippen LogP contribution in [0.5, 0.6) is 11.6 Å². The fraction of sp³-hybridized carbons (Fsp3) is 0.286. The molecule has 0 saturated heterocycles. The summed E-state index contributed by atoms with van der Waals surface area (Å²) in [6.45, 7) is -0.0239. The summed E-state index contributed by atoms with van der Waals surface area (Å²) in [5, 5.41) is 9.13. The molecule has 0 spiro atoms. The van der Waals surface area contributed by atoms with Crippen molar-refractivity contribution in [2.45, 2.75) is 25.4 Å². The molecule has 6 heteroatoms. The van der Waals surface area contributed by atoms with Crippen molar-refractivity contribution in [3.05, 3.63) is 41.7 Å². The lowest BCUT2D eigenvalue weighted by Gasteiger charge is -2.09. The van der Waals surface area contributed by atoms with Crippen molar-refractivity contribution in [2.24, 2.45) is 5.84 Å². The monoisotopic (exact) mass is 272 g/mol. The van der Waals surface area contributed by atoms with Gasteiger partial charge >= 0.3 is 0 Å². The molecule has 1 fully saturated rings. The fourth-order valence-corrected chi connectivity index (χ4v) is 1.92. The summed E-state index contributed by atoms with van der Waals surface area (Å²) < 4.78 is 5.72. The Morgan fingerprint density at radius 2 is 2.15 bits per heavy atom. The summed E-state index contributed by atoms with van der Waals surface area (Å²) in [4.78, 5) is 8.72. The lowest BCUT2D eigenvalue weighted by molar-refractivity contribution is 0.281. The second kappa shape index (κ2) is 5.44. The van der Waals surface area contributed by atoms with E-state index in [-0.39, 0.29) is 6.61 Å². The van der Waals surface area contributed by atoms with E-state index < -0.39 is 0 Å². The van der Waals surface area contributed by atoms with Crippen LogP contribution >= 0.6 is 0 Å². The molecule has 0 unspecified atom stereocenters. The highest BCUT2D eigenvalue weighted by atomic mass is 16.5. The molecule has 0 aliphatic heterocycles. The molecule has 1 saturated carbocycles. The van der Waals surface area contributed by atoms with Crippen LogP contribution in [0, 0.1) is 0 Å². The summed E-state index contributed by atoms with van der Waals surface area (Å²) in [6.07, 6.45) is 2.21. The molecular weight excluding hydrogens is 256 g/mol. The molecule has 2 aromatic rings. The van der Waals surface area contributed by atoms with Crippen molar-refractivity contribution in [3.63, 3.8) is 0 Å². The number of nitrogen functional groups attached to an aromatic ring is 1. The molecule has 1 aliphatic carbocycles. The summed E-state index contributed by atoms with van der Waals surface area (Å²) in [6, 6.07) is 8.89. The van der Waals surface area contributed by atoms with Gasteiger partial charge in [0, 0.05) is 12.0 Å². The number of hydrogen-bond acceptors (Lipinski definition) is 6. The van der Waals surface area contributed by atoms with E-state index in [1.807, 2.05) is 18.2 Å². The second-order valence-electron chi connectivity index (χ2n) is 4.78. The third-order valence-electron chi connectivity index (χ3n) is 3.11. The average molecular weight is 272 g/mol. The first kappa shape index (κ1) is 12.8. The zero-order valence-electron chi connectivity index (χ0n) is 10.9. The predicted octanol–water partition coefficient (Wildman–Crippen LogP) is 1.92. The minimum Gasteiger partial charge on any atom is -0.439 e. The summed E-state index contributed by atoms with van der Waals surface area (Å²) >= 11 is 0. The van der Waals surface area contributed by atoms with Gasteiger partial charge in [-0.3, -0.25) is 0 Å². The van der Waals surface area contributed by atoms with E-state index in [4.69, 9.17) is 15.7 Å². The van der Waals surface area contributed by atoms with Crippen LogP contribution in [-0.4, -0.2) is 15.1 Å². The van der Waals surface area contributed by atoms with Gasteiger partial charge in [-0.05, 0) is 30.5 Å². The second-order valence-corrected chi connectivity index (χ2v) is 4.78. The Balaban J connectivity index is 1.86. The number of hydrogen-bond donors (Lipinski definition) is 3. The highest BCUT2D eigenvalue weighted by Gasteiger charge is 2.27. The molecule has 1 aromatic heterocycles. The van der Waals surface area contributed by atoms with E-state index in [1.165, 1.54) is 0 Å². The summed E-state index contributed by atoms with van der Waals surface area (Å²) in [7, 11) is 0. The number of rotatable bonds is 5. The average Bonchev–Trinajstić information content (AvgIpc) is 3.31. The SMILES string of the molecule is NNc1cc(Oc2cccc(CO)c2)nc(C2CC2)n1. The standard InChI is InChI=1S/C14H16N4O2/c15-18-12-7-13(17-14(16-12)10-4-5-10)20-11-3-1-2-9(6-11)8-19/h1-3,6-7,10,19H,4-5,8,15H2,(H,16,17,18). The van der Waals surface area contributed by atoms with Crippen LogP contribution in [0.2, 0.25) is 0 Å². The summed E-state index contributed by atoms with van der Waals surface area (Å²) in [5.74, 6) is 8.20. The van der Waals surface area contributed by atoms with Gasteiger partial charge in [0.05, 0.1) is 6.61 Å². The van der Waals surface area contributed by atoms with Crippen molar-refractivity contribution in [1.29, 1.82) is 0 Å². The third kappa shape index (κ3) is 2.87. The Morgan fingerprint density at radius 1 is 1.30 bits per heavy atom. The molecular formula is C14H16N4O2. The number of aliphatic hydroxyl groups excluding tert-OH is 1. The van der Waals surface area contributed by atoms with Crippen molar-refractivity contribution in [1.82, 2.24) is 9.97 Å². The molecule has 0 atom stereocenters. The van der Waals surface area contributed by atoms with Gasteiger partial charge in [-0.25, -0.2) is 10.8 Å². The van der Waals surface area contributed by atoms with Gasteiger partial charge in [0.2, 0.25) is 5.88 Å². The first-order chi connectivity index (χ1) is 9.78. The number of benzene rings is 1. The van der Waals surface area contributed by atoms with Crippen LogP contribution in [0.25, 0.3) is 0 Å². The van der Waals surface area contributed by atoms with E-state index in [9.17, 15) is 0 Å². The van der Waals surface area contributed by atoms with Gasteiger partial charge in [-0.15, -0.1) is 0 Å². The number of anilines is 1. The van der Waals surface area contributed by atoms with Crippen LogP contribution in [0.4, 0.5) is 5.82 Å². The topological polar surface area (TPSA) is 93.3 Å². The Hall–Kier alpha value is -2.18. The van der Waals surface area contributed by atoms with E-state index >= 15 is 0 Å². The molecule has 0 radical (unpaired) electrons. The molecule has 0 amide bonds. The minimum atomic E-state index is -0.0239. The smallest absolute Gasteiger partial charge is 0.224 e. The van der Waals surface area contributed by atoms with Gasteiger partial charge in [0.15, 0.2) is 0 Å². The Kier molecular flexibility index (Phi) is 3.49. The van der Waals surface area contributed by atoms with Crippen molar-refractivity contribution >= 4 is 5.82 Å². The Morgan fingerprint density at radius 3 is 2.85 bits per heavy atom. The number of aromatic nitrogens is 2. The van der Waals surface area contributed by atoms with E-state index in [0.29, 0.717) is 23.4 Å². The van der Waals surface area contributed by atoms with Gasteiger partial charge < -0.3 is 15.3 Å². The predicted molar refractivity (Wildman–Crippen MR) is 74.3 cm³/mol. The number of nitrogens with two attached hydrogens (primary N) is 1. The van der Waals surface area contributed by atoms with Crippen molar-refractivity contribution in [3.8, 4) is 11.6 Å². The van der Waals surface area contributed by atoms with E-state index in [2.05, 4.69) is 15.4 Å². The Bertz CT molecular complexity index is 614. The van der Waals surface area contributed by atoms with E-state index in [1.54, 1.807) is 12.1 Å². The molecule has 1 heterocycles. The molecule has 0 bridgehead atoms. The fourth-order valence-electron chi connectivity index (χ4n) is 1.92. The van der Waals surface area contributed by atoms with Crippen LogP contribution in [0.15, 0.2) is 30.3 Å². The quantitative estimate of drug-likeness (QED) is 0.569. The molecule has 3 rings (SSSR count). The molecule has 6 nitrogen and oxygen atoms in total. The van der Waals surface area contributed by atoms with Gasteiger partial charge in [0.1, 0.15) is 17.4 Å². The Labute approximate surface area is 116 Å². The van der Waals surface area contributed by atoms with Crippen LogP contribution in [-0.2, 0) is 6.61 Å². The zero-order valence-corrected chi connectivity index (χ0v) is 10.9. The maximum absolute atomic E-state index is 9.13. The number of nitrogens with one attached hydrogen (secondary N) is 1. The summed E-state index contributed by atoms with van der Waals surface area (Å²) in [5.41, 5.74) is 3.32. The minimum absolute atomic E-state index is 0.0239. The van der Waals surface area contributed by atoms with Crippen molar-refractivity contribution < 1.29 is 9.84 Å². The molecule has 1 aromatic carbocycles. The maximum Gasteiger partial charge on any atom is 0.224 e. The third-order valence-corrected chi connectivity index (χ3v) is 3.11. The number of ether oxygens (including phenoxy) is 1. The first-order valence-corrected chi connectivity index (χ1v) is 6.52.